The van der Waals surface area contributed by atoms with Crippen molar-refractivity contribution >= 4 is 18.0 Å². The molecule has 92 valence electrons. The highest BCUT2D eigenvalue weighted by molar-refractivity contribution is 5.92. The number of aliphatic hydroxyl groups is 1. The zero-order valence-electron chi connectivity index (χ0n) is 9.86. The molecule has 0 saturated heterocycles. The van der Waals surface area contributed by atoms with E-state index >= 15 is 0 Å². The Morgan fingerprint density at radius 3 is 2.82 bits per heavy atom. The van der Waals surface area contributed by atoms with Crippen LogP contribution in [-0.4, -0.2) is 30.1 Å². The molecule has 0 unspecified atom stereocenters. The molecule has 0 spiro atoms. The first kappa shape index (κ1) is 13.2. The Labute approximate surface area is 99.8 Å². The molecule has 0 heterocycles. The number of aldehydes is 1. The van der Waals surface area contributed by atoms with Crippen molar-refractivity contribution in [3.05, 3.63) is 29.3 Å². The molecule has 0 saturated carbocycles. The Balaban J connectivity index is 2.75. The molecule has 2 amide bonds. The topological polar surface area (TPSA) is 78.4 Å². The number of anilines is 1. The van der Waals surface area contributed by atoms with Gasteiger partial charge in [-0.25, -0.2) is 4.79 Å². The quantitative estimate of drug-likeness (QED) is 0.690. The first-order valence-electron chi connectivity index (χ1n) is 5.31. The fraction of sp³-hybridized carbons (Fsp3) is 0.333. The lowest BCUT2D eigenvalue weighted by Gasteiger charge is -2.13. The first-order chi connectivity index (χ1) is 8.08. The SMILES string of the molecule is Cc1c(C=O)cccc1NC(=O)N[C@@H](C)CO. The molecule has 0 aliphatic rings. The van der Waals surface area contributed by atoms with Crippen LogP contribution < -0.4 is 10.6 Å². The van der Waals surface area contributed by atoms with E-state index in [0.717, 1.165) is 6.29 Å². The molecular weight excluding hydrogens is 220 g/mol. The van der Waals surface area contributed by atoms with Crippen molar-refractivity contribution in [2.75, 3.05) is 11.9 Å². The highest BCUT2D eigenvalue weighted by atomic mass is 16.3. The number of amides is 2. The molecule has 0 aliphatic heterocycles. The molecule has 1 atom stereocenters. The number of aliphatic hydroxyl groups excluding tert-OH is 1. The van der Waals surface area contributed by atoms with Crippen LogP contribution in [0.5, 0.6) is 0 Å². The molecule has 1 aromatic carbocycles. The van der Waals surface area contributed by atoms with Crippen LogP contribution in [0.1, 0.15) is 22.8 Å². The van der Waals surface area contributed by atoms with Gasteiger partial charge in [-0.3, -0.25) is 4.79 Å². The zero-order chi connectivity index (χ0) is 12.8. The number of hydrogen-bond acceptors (Lipinski definition) is 3. The molecule has 5 heteroatoms. The zero-order valence-corrected chi connectivity index (χ0v) is 9.86. The van der Waals surface area contributed by atoms with Crippen molar-refractivity contribution in [1.82, 2.24) is 5.32 Å². The second-order valence-corrected chi connectivity index (χ2v) is 3.82. The monoisotopic (exact) mass is 236 g/mol. The maximum atomic E-state index is 11.5. The van der Waals surface area contributed by atoms with Gasteiger partial charge in [-0.05, 0) is 25.5 Å². The molecule has 1 aromatic rings. The van der Waals surface area contributed by atoms with Gasteiger partial charge in [0.2, 0.25) is 0 Å². The summed E-state index contributed by atoms with van der Waals surface area (Å²) in [7, 11) is 0. The Kier molecular flexibility index (Phi) is 4.66. The summed E-state index contributed by atoms with van der Waals surface area (Å²) in [4.78, 5) is 22.2. The number of carbonyl (C=O) groups is 2. The standard InChI is InChI=1S/C12H16N2O3/c1-8(6-15)13-12(17)14-11-5-3-4-10(7-16)9(11)2/h3-5,7-8,15H,6H2,1-2H3,(H2,13,14,17)/t8-/m0/s1. The molecule has 0 bridgehead atoms. The van der Waals surface area contributed by atoms with Gasteiger partial charge in [0.25, 0.3) is 0 Å². The summed E-state index contributed by atoms with van der Waals surface area (Å²) in [5, 5.41) is 14.0. The van der Waals surface area contributed by atoms with E-state index in [0.29, 0.717) is 16.8 Å². The van der Waals surface area contributed by atoms with Crippen molar-refractivity contribution in [1.29, 1.82) is 0 Å². The molecule has 5 nitrogen and oxygen atoms in total. The minimum Gasteiger partial charge on any atom is -0.394 e. The van der Waals surface area contributed by atoms with Gasteiger partial charge in [-0.15, -0.1) is 0 Å². The molecule has 0 radical (unpaired) electrons. The van der Waals surface area contributed by atoms with Crippen LogP contribution in [0.25, 0.3) is 0 Å². The maximum Gasteiger partial charge on any atom is 0.319 e. The maximum absolute atomic E-state index is 11.5. The third-order valence-corrected chi connectivity index (χ3v) is 2.40. The number of hydrogen-bond donors (Lipinski definition) is 3. The number of nitrogens with one attached hydrogen (secondary N) is 2. The molecule has 1 rings (SSSR count). The average molecular weight is 236 g/mol. The molecule has 0 aromatic heterocycles. The van der Waals surface area contributed by atoms with E-state index in [1.165, 1.54) is 0 Å². The second-order valence-electron chi connectivity index (χ2n) is 3.82. The van der Waals surface area contributed by atoms with E-state index < -0.39 is 6.03 Å². The predicted molar refractivity (Wildman–Crippen MR) is 65.3 cm³/mol. The molecule has 0 aliphatic carbocycles. The fourth-order valence-electron chi connectivity index (χ4n) is 1.34. The largest absolute Gasteiger partial charge is 0.394 e. The summed E-state index contributed by atoms with van der Waals surface area (Å²) in [6.45, 7) is 3.32. The van der Waals surface area contributed by atoms with Crippen molar-refractivity contribution in [3.63, 3.8) is 0 Å². The lowest BCUT2D eigenvalue weighted by atomic mass is 10.1. The van der Waals surface area contributed by atoms with Crippen LogP contribution in [0, 0.1) is 6.92 Å². The number of carbonyl (C=O) groups excluding carboxylic acids is 2. The summed E-state index contributed by atoms with van der Waals surface area (Å²) >= 11 is 0. The van der Waals surface area contributed by atoms with Gasteiger partial charge in [0.1, 0.15) is 6.29 Å². The first-order valence-corrected chi connectivity index (χ1v) is 5.31. The van der Waals surface area contributed by atoms with E-state index in [1.807, 2.05) is 0 Å². The minimum absolute atomic E-state index is 0.124. The Bertz CT molecular complexity index is 418. The van der Waals surface area contributed by atoms with Crippen molar-refractivity contribution in [2.24, 2.45) is 0 Å². The average Bonchev–Trinajstić information content (AvgIpc) is 2.31. The van der Waals surface area contributed by atoms with Gasteiger partial charge in [-0.1, -0.05) is 12.1 Å². The van der Waals surface area contributed by atoms with E-state index in [-0.39, 0.29) is 12.6 Å². The summed E-state index contributed by atoms with van der Waals surface area (Å²) in [6, 6.07) is 4.37. The van der Waals surface area contributed by atoms with E-state index in [2.05, 4.69) is 10.6 Å². The van der Waals surface area contributed by atoms with E-state index in [9.17, 15) is 9.59 Å². The number of urea groups is 1. The smallest absolute Gasteiger partial charge is 0.319 e. The normalized spacial score (nSPS) is 11.7. The summed E-state index contributed by atoms with van der Waals surface area (Å²) in [5.41, 5.74) is 1.84. The van der Waals surface area contributed by atoms with Gasteiger partial charge >= 0.3 is 6.03 Å². The Hall–Kier alpha value is -1.88. The highest BCUT2D eigenvalue weighted by Gasteiger charge is 2.08. The third-order valence-electron chi connectivity index (χ3n) is 2.40. The van der Waals surface area contributed by atoms with Gasteiger partial charge in [0, 0.05) is 11.3 Å². The number of benzene rings is 1. The minimum atomic E-state index is -0.405. The van der Waals surface area contributed by atoms with Crippen LogP contribution in [-0.2, 0) is 0 Å². The van der Waals surface area contributed by atoms with Gasteiger partial charge < -0.3 is 15.7 Å². The lowest BCUT2D eigenvalue weighted by molar-refractivity contribution is 0.112. The van der Waals surface area contributed by atoms with Gasteiger partial charge in [-0.2, -0.15) is 0 Å². The van der Waals surface area contributed by atoms with Crippen LogP contribution in [0.2, 0.25) is 0 Å². The van der Waals surface area contributed by atoms with Crippen LogP contribution in [0.15, 0.2) is 18.2 Å². The lowest BCUT2D eigenvalue weighted by Crippen LogP contribution is -2.38. The summed E-state index contributed by atoms with van der Waals surface area (Å²) in [6.07, 6.45) is 0.745. The van der Waals surface area contributed by atoms with Gasteiger partial charge in [0.15, 0.2) is 0 Å². The van der Waals surface area contributed by atoms with Crippen molar-refractivity contribution in [3.8, 4) is 0 Å². The van der Waals surface area contributed by atoms with Crippen LogP contribution in [0.3, 0.4) is 0 Å². The van der Waals surface area contributed by atoms with Crippen molar-refractivity contribution < 1.29 is 14.7 Å². The fourth-order valence-corrected chi connectivity index (χ4v) is 1.34. The third kappa shape index (κ3) is 3.57. The second kappa shape index (κ2) is 6.00. The van der Waals surface area contributed by atoms with Gasteiger partial charge in [0.05, 0.1) is 12.6 Å². The highest BCUT2D eigenvalue weighted by Crippen LogP contribution is 2.17. The van der Waals surface area contributed by atoms with Crippen LogP contribution in [0.4, 0.5) is 10.5 Å². The molecule has 3 N–H and O–H groups in total. The molecule has 17 heavy (non-hydrogen) atoms. The Morgan fingerprint density at radius 1 is 1.53 bits per heavy atom. The predicted octanol–water partition coefficient (Wildman–Crippen LogP) is 1.31. The molecule has 0 fully saturated rings. The van der Waals surface area contributed by atoms with Crippen LogP contribution >= 0.6 is 0 Å². The van der Waals surface area contributed by atoms with E-state index in [1.54, 1.807) is 32.0 Å². The summed E-state index contributed by atoms with van der Waals surface area (Å²) in [5.74, 6) is 0. The Morgan fingerprint density at radius 2 is 2.24 bits per heavy atom. The number of rotatable bonds is 4. The molecular formula is C12H16N2O3. The van der Waals surface area contributed by atoms with E-state index in [4.69, 9.17) is 5.11 Å². The summed E-state index contributed by atoms with van der Waals surface area (Å²) < 4.78 is 0. The van der Waals surface area contributed by atoms with Crippen molar-refractivity contribution in [2.45, 2.75) is 19.9 Å².